The third kappa shape index (κ3) is 6.01. The maximum absolute atomic E-state index is 12.7. The molecule has 0 aromatic heterocycles. The normalized spacial score (nSPS) is 11.0. The highest BCUT2D eigenvalue weighted by Crippen LogP contribution is 2.27. The van der Waals surface area contributed by atoms with E-state index in [4.69, 9.17) is 4.74 Å². The summed E-state index contributed by atoms with van der Waals surface area (Å²) in [5.74, 6) is -1.23. The van der Waals surface area contributed by atoms with Crippen LogP contribution in [-0.4, -0.2) is 44.6 Å². The molecular weight excluding hydrogens is 426 g/mol. The second-order valence-electron chi connectivity index (χ2n) is 6.80. The van der Waals surface area contributed by atoms with Crippen LogP contribution in [0.25, 0.3) is 0 Å². The van der Waals surface area contributed by atoms with Crippen LogP contribution in [0, 0.1) is 24.0 Å². The number of hydrogen-bond donors (Lipinski definition) is 1. The number of aryl methyl sites for hydroxylation is 2. The Morgan fingerprint density at radius 1 is 1.13 bits per heavy atom. The van der Waals surface area contributed by atoms with E-state index in [1.165, 1.54) is 18.2 Å². The lowest BCUT2D eigenvalue weighted by molar-refractivity contribution is -0.384. The fourth-order valence-electron chi connectivity index (χ4n) is 2.78. The number of sulfonamides is 1. The third-order valence-electron chi connectivity index (χ3n) is 4.38. The predicted octanol–water partition coefficient (Wildman–Crippen LogP) is 2.79. The Bertz CT molecular complexity index is 1130. The van der Waals surface area contributed by atoms with Crippen molar-refractivity contribution in [3.05, 3.63) is 63.2 Å². The highest BCUT2D eigenvalue weighted by molar-refractivity contribution is 7.92. The molecule has 1 amide bonds. The molecule has 31 heavy (non-hydrogen) atoms. The van der Waals surface area contributed by atoms with Crippen LogP contribution >= 0.6 is 0 Å². The van der Waals surface area contributed by atoms with Gasteiger partial charge in [0.15, 0.2) is 0 Å². The van der Waals surface area contributed by atoms with Gasteiger partial charge >= 0.3 is 5.97 Å². The van der Waals surface area contributed by atoms with E-state index in [2.05, 4.69) is 5.32 Å². The minimum Gasteiger partial charge on any atom is -0.462 e. The van der Waals surface area contributed by atoms with Gasteiger partial charge in [0.1, 0.15) is 6.54 Å². The van der Waals surface area contributed by atoms with Gasteiger partial charge in [0.05, 0.1) is 29.0 Å². The van der Waals surface area contributed by atoms with Crippen LogP contribution in [-0.2, 0) is 19.6 Å². The number of carbonyl (C=O) groups is 2. The molecule has 0 spiro atoms. The second kappa shape index (κ2) is 9.56. The Kier molecular flexibility index (Phi) is 7.34. The third-order valence-corrected chi connectivity index (χ3v) is 5.51. The lowest BCUT2D eigenvalue weighted by Crippen LogP contribution is -2.38. The molecule has 0 radical (unpaired) electrons. The summed E-state index contributed by atoms with van der Waals surface area (Å²) >= 11 is 0. The minimum atomic E-state index is -3.93. The summed E-state index contributed by atoms with van der Waals surface area (Å²) in [4.78, 5) is 35.0. The van der Waals surface area contributed by atoms with Crippen LogP contribution in [0.15, 0.2) is 36.4 Å². The molecule has 0 fully saturated rings. The molecular formula is C20H23N3O7S. The molecule has 2 aromatic rings. The van der Waals surface area contributed by atoms with E-state index >= 15 is 0 Å². The molecule has 11 heteroatoms. The maximum atomic E-state index is 12.7. The van der Waals surface area contributed by atoms with Gasteiger partial charge in [-0.25, -0.2) is 13.2 Å². The van der Waals surface area contributed by atoms with E-state index < -0.39 is 33.4 Å². The Hall–Kier alpha value is -3.47. The van der Waals surface area contributed by atoms with Gasteiger partial charge in [-0.15, -0.1) is 0 Å². The Labute approximate surface area is 180 Å². The summed E-state index contributed by atoms with van der Waals surface area (Å²) < 4.78 is 30.4. The van der Waals surface area contributed by atoms with Gasteiger partial charge in [0.25, 0.3) is 5.69 Å². The van der Waals surface area contributed by atoms with Crippen LogP contribution in [0.1, 0.15) is 28.4 Å². The van der Waals surface area contributed by atoms with Crippen LogP contribution in [0.5, 0.6) is 0 Å². The number of nitrogens with one attached hydrogen (secondary N) is 1. The van der Waals surface area contributed by atoms with E-state index in [0.29, 0.717) is 16.8 Å². The number of benzene rings is 2. The van der Waals surface area contributed by atoms with Crippen molar-refractivity contribution in [2.45, 2.75) is 20.8 Å². The summed E-state index contributed by atoms with van der Waals surface area (Å²) in [6, 6.07) is 8.39. The highest BCUT2D eigenvalue weighted by Gasteiger charge is 2.25. The average molecular weight is 449 g/mol. The van der Waals surface area contributed by atoms with E-state index in [0.717, 1.165) is 16.6 Å². The van der Waals surface area contributed by atoms with Gasteiger partial charge in [0.2, 0.25) is 15.9 Å². The average Bonchev–Trinajstić information content (AvgIpc) is 2.67. The molecule has 2 aromatic carbocycles. The quantitative estimate of drug-likeness (QED) is 0.372. The fraction of sp³-hybridized carbons (Fsp3) is 0.300. The van der Waals surface area contributed by atoms with Crippen LogP contribution in [0.2, 0.25) is 0 Å². The van der Waals surface area contributed by atoms with Gasteiger partial charge in [-0.05, 0) is 44.0 Å². The van der Waals surface area contributed by atoms with E-state index in [1.54, 1.807) is 32.9 Å². The van der Waals surface area contributed by atoms with Crippen LogP contribution in [0.3, 0.4) is 0 Å². The molecule has 1 N–H and O–H groups in total. The van der Waals surface area contributed by atoms with Crippen molar-refractivity contribution >= 4 is 39.0 Å². The number of amides is 1. The number of carbonyl (C=O) groups excluding carboxylic acids is 2. The van der Waals surface area contributed by atoms with Crippen molar-refractivity contribution in [3.8, 4) is 0 Å². The molecule has 0 heterocycles. The van der Waals surface area contributed by atoms with Gasteiger partial charge in [-0.2, -0.15) is 0 Å². The van der Waals surface area contributed by atoms with Crippen molar-refractivity contribution in [2.24, 2.45) is 0 Å². The number of anilines is 2. The van der Waals surface area contributed by atoms with E-state index in [-0.39, 0.29) is 23.5 Å². The SMILES string of the molecule is CCOC(=O)c1ccc(C)c(NC(=O)CN(c2cc([N+](=O)[O-])ccc2C)S(C)(=O)=O)c1. The standard InChI is InChI=1S/C20H23N3O7S/c1-5-30-20(25)15-8-6-13(2)17(10-15)21-19(24)12-22(31(4,28)29)18-11-16(23(26)27)9-7-14(18)3/h6-11H,5,12H2,1-4H3,(H,21,24). The molecule has 0 bridgehead atoms. The molecule has 0 unspecified atom stereocenters. The van der Waals surface area contributed by atoms with Gasteiger partial charge in [0, 0.05) is 17.8 Å². The number of non-ortho nitro benzene ring substituents is 1. The van der Waals surface area contributed by atoms with Gasteiger partial charge in [-0.1, -0.05) is 12.1 Å². The first-order valence-electron chi connectivity index (χ1n) is 9.24. The number of rotatable bonds is 8. The van der Waals surface area contributed by atoms with Crippen molar-refractivity contribution in [1.82, 2.24) is 0 Å². The molecule has 10 nitrogen and oxygen atoms in total. The van der Waals surface area contributed by atoms with Crippen LogP contribution < -0.4 is 9.62 Å². The maximum Gasteiger partial charge on any atom is 0.338 e. The number of nitrogens with zero attached hydrogens (tertiary/aromatic N) is 2. The topological polar surface area (TPSA) is 136 Å². The van der Waals surface area contributed by atoms with E-state index in [9.17, 15) is 28.1 Å². The first-order chi connectivity index (χ1) is 14.4. The monoisotopic (exact) mass is 449 g/mol. The minimum absolute atomic E-state index is 0.0313. The number of nitro benzene ring substituents is 1. The molecule has 2 rings (SSSR count). The predicted molar refractivity (Wildman–Crippen MR) is 116 cm³/mol. The molecule has 0 saturated carbocycles. The largest absolute Gasteiger partial charge is 0.462 e. The Morgan fingerprint density at radius 3 is 2.35 bits per heavy atom. The number of nitro groups is 1. The Morgan fingerprint density at radius 2 is 1.77 bits per heavy atom. The zero-order chi connectivity index (χ0) is 23.3. The van der Waals surface area contributed by atoms with Crippen molar-refractivity contribution in [2.75, 3.05) is 29.0 Å². The zero-order valence-electron chi connectivity index (χ0n) is 17.5. The fourth-order valence-corrected chi connectivity index (χ4v) is 3.69. The van der Waals surface area contributed by atoms with Gasteiger partial charge in [-0.3, -0.25) is 19.2 Å². The van der Waals surface area contributed by atoms with Crippen molar-refractivity contribution in [3.63, 3.8) is 0 Å². The first kappa shape index (κ1) is 23.8. The summed E-state index contributed by atoms with van der Waals surface area (Å²) in [5, 5.41) is 13.7. The van der Waals surface area contributed by atoms with E-state index in [1.807, 2.05) is 0 Å². The molecule has 166 valence electrons. The van der Waals surface area contributed by atoms with Crippen LogP contribution in [0.4, 0.5) is 17.1 Å². The summed E-state index contributed by atoms with van der Waals surface area (Å²) in [7, 11) is -3.93. The lowest BCUT2D eigenvalue weighted by Gasteiger charge is -2.23. The molecule has 0 aliphatic rings. The smallest absolute Gasteiger partial charge is 0.338 e. The van der Waals surface area contributed by atoms with Crippen molar-refractivity contribution in [1.29, 1.82) is 0 Å². The summed E-state index contributed by atoms with van der Waals surface area (Å²) in [6.07, 6.45) is 0.908. The molecule has 0 atom stereocenters. The summed E-state index contributed by atoms with van der Waals surface area (Å²) in [6.45, 7) is 4.56. The first-order valence-corrected chi connectivity index (χ1v) is 11.1. The number of esters is 1. The van der Waals surface area contributed by atoms with Crippen molar-refractivity contribution < 1.29 is 27.7 Å². The highest BCUT2D eigenvalue weighted by atomic mass is 32.2. The number of hydrogen-bond acceptors (Lipinski definition) is 7. The number of ether oxygens (including phenoxy) is 1. The zero-order valence-corrected chi connectivity index (χ0v) is 18.4. The molecule has 0 saturated heterocycles. The molecule has 0 aliphatic heterocycles. The molecule has 0 aliphatic carbocycles. The Balaban J connectivity index is 2.34. The summed E-state index contributed by atoms with van der Waals surface area (Å²) in [5.41, 5.74) is 1.39. The second-order valence-corrected chi connectivity index (χ2v) is 8.70. The van der Waals surface area contributed by atoms with Gasteiger partial charge < -0.3 is 10.1 Å². The lowest BCUT2D eigenvalue weighted by atomic mass is 10.1.